The molecule has 1 aromatic rings. The van der Waals surface area contributed by atoms with Crippen molar-refractivity contribution in [2.24, 2.45) is 5.92 Å². The van der Waals surface area contributed by atoms with Gasteiger partial charge in [0.2, 0.25) is 0 Å². The summed E-state index contributed by atoms with van der Waals surface area (Å²) in [7, 11) is 0. The lowest BCUT2D eigenvalue weighted by Crippen LogP contribution is -2.44. The smallest absolute Gasteiger partial charge is 0.406 e. The highest BCUT2D eigenvalue weighted by Gasteiger charge is 2.31. The Bertz CT molecular complexity index is 603. The maximum atomic E-state index is 12.2. The second kappa shape index (κ2) is 8.13. The van der Waals surface area contributed by atoms with Crippen LogP contribution in [0.5, 0.6) is 5.75 Å². The van der Waals surface area contributed by atoms with Crippen molar-refractivity contribution in [3.05, 3.63) is 24.3 Å². The molecule has 9 heteroatoms. The van der Waals surface area contributed by atoms with Gasteiger partial charge in [-0.25, -0.2) is 0 Å². The lowest BCUT2D eigenvalue weighted by atomic mass is 10.1. The highest BCUT2D eigenvalue weighted by Crippen LogP contribution is 2.28. The number of amides is 1. The van der Waals surface area contributed by atoms with Gasteiger partial charge in [0.25, 0.3) is 5.91 Å². The monoisotopic (exact) mass is 374 g/mol. The topological polar surface area (TPSA) is 60.0 Å². The second-order valence-electron chi connectivity index (χ2n) is 6.32. The molecule has 6 nitrogen and oxygen atoms in total. The molecule has 0 aliphatic carbocycles. The molecule has 0 bridgehead atoms. The van der Waals surface area contributed by atoms with Gasteiger partial charge in [-0.05, 0) is 36.6 Å². The summed E-state index contributed by atoms with van der Waals surface area (Å²) in [4.78, 5) is 14.1. The molecule has 2 heterocycles. The summed E-state index contributed by atoms with van der Waals surface area (Å²) >= 11 is 0. The van der Waals surface area contributed by atoms with Crippen LogP contribution in [-0.4, -0.2) is 57.8 Å². The van der Waals surface area contributed by atoms with Crippen molar-refractivity contribution in [2.45, 2.75) is 18.9 Å². The van der Waals surface area contributed by atoms with Crippen LogP contribution in [0, 0.1) is 5.92 Å². The van der Waals surface area contributed by atoms with Crippen molar-refractivity contribution in [3.8, 4) is 5.75 Å². The molecule has 2 aliphatic rings. The first-order chi connectivity index (χ1) is 12.4. The average Bonchev–Trinajstić information content (AvgIpc) is 3.09. The standard InChI is InChI=1S/C17H21F3N2O4/c18-17(19,20)26-14-3-1-13(2-4-14)22-6-5-12(10-22)9-21-16(23)15-11-24-7-8-25-15/h1-4,12,15H,5-11H2,(H,21,23)/t12-,15+/m0/s1. The Kier molecular flexibility index (Phi) is 5.87. The van der Waals surface area contributed by atoms with Gasteiger partial charge >= 0.3 is 6.36 Å². The van der Waals surface area contributed by atoms with Crippen LogP contribution in [0.25, 0.3) is 0 Å². The molecule has 1 N–H and O–H groups in total. The molecule has 1 aromatic carbocycles. The zero-order valence-electron chi connectivity index (χ0n) is 14.1. The number of ether oxygens (including phenoxy) is 3. The molecule has 144 valence electrons. The van der Waals surface area contributed by atoms with E-state index in [0.717, 1.165) is 25.2 Å². The third-order valence-corrected chi connectivity index (χ3v) is 4.39. The summed E-state index contributed by atoms with van der Waals surface area (Å²) in [6, 6.07) is 5.82. The zero-order valence-corrected chi connectivity index (χ0v) is 14.1. The van der Waals surface area contributed by atoms with Crippen LogP contribution >= 0.6 is 0 Å². The number of benzene rings is 1. The molecule has 0 spiro atoms. The maximum absolute atomic E-state index is 12.2. The van der Waals surface area contributed by atoms with Crippen LogP contribution in [0.15, 0.2) is 24.3 Å². The van der Waals surface area contributed by atoms with Gasteiger partial charge in [-0.3, -0.25) is 4.79 Å². The van der Waals surface area contributed by atoms with Gasteiger partial charge < -0.3 is 24.4 Å². The minimum absolute atomic E-state index is 0.170. The number of halogens is 3. The van der Waals surface area contributed by atoms with E-state index in [1.54, 1.807) is 12.1 Å². The summed E-state index contributed by atoms with van der Waals surface area (Å²) in [6.07, 6.45) is -4.35. The van der Waals surface area contributed by atoms with E-state index < -0.39 is 12.5 Å². The Labute approximate surface area is 149 Å². The first-order valence-corrected chi connectivity index (χ1v) is 8.48. The fourth-order valence-corrected chi connectivity index (χ4v) is 3.09. The third-order valence-electron chi connectivity index (χ3n) is 4.39. The van der Waals surface area contributed by atoms with Crippen molar-refractivity contribution in [3.63, 3.8) is 0 Å². The molecule has 1 amide bonds. The number of rotatable bonds is 5. The van der Waals surface area contributed by atoms with Gasteiger partial charge in [0, 0.05) is 25.3 Å². The van der Waals surface area contributed by atoms with Crippen molar-refractivity contribution < 1.29 is 32.2 Å². The third kappa shape index (κ3) is 5.25. The summed E-state index contributed by atoms with van der Waals surface area (Å²) in [5.41, 5.74) is 0.831. The summed E-state index contributed by atoms with van der Waals surface area (Å²) in [6.45, 7) is 3.24. The number of carbonyl (C=O) groups excluding carboxylic acids is 1. The van der Waals surface area contributed by atoms with Crippen LogP contribution in [-0.2, 0) is 14.3 Å². The van der Waals surface area contributed by atoms with Crippen LogP contribution in [0.2, 0.25) is 0 Å². The van der Waals surface area contributed by atoms with E-state index in [4.69, 9.17) is 9.47 Å². The number of anilines is 1. The molecule has 3 rings (SSSR count). The number of carbonyl (C=O) groups is 1. The van der Waals surface area contributed by atoms with E-state index in [9.17, 15) is 18.0 Å². The van der Waals surface area contributed by atoms with E-state index in [1.165, 1.54) is 12.1 Å². The Morgan fingerprint density at radius 1 is 1.27 bits per heavy atom. The minimum atomic E-state index is -4.69. The van der Waals surface area contributed by atoms with E-state index in [1.807, 2.05) is 0 Å². The number of nitrogens with zero attached hydrogens (tertiary/aromatic N) is 1. The van der Waals surface area contributed by atoms with Gasteiger partial charge in [-0.2, -0.15) is 0 Å². The van der Waals surface area contributed by atoms with Crippen molar-refractivity contribution in [1.82, 2.24) is 5.32 Å². The van der Waals surface area contributed by atoms with Gasteiger partial charge in [0.1, 0.15) is 5.75 Å². The molecular formula is C17H21F3N2O4. The predicted molar refractivity (Wildman–Crippen MR) is 87.0 cm³/mol. The molecule has 0 radical (unpaired) electrons. The van der Waals surface area contributed by atoms with Gasteiger partial charge in [-0.1, -0.05) is 0 Å². The highest BCUT2D eigenvalue weighted by atomic mass is 19.4. The average molecular weight is 374 g/mol. The number of alkyl halides is 3. The minimum Gasteiger partial charge on any atom is -0.406 e. The second-order valence-corrected chi connectivity index (χ2v) is 6.32. The Morgan fingerprint density at radius 3 is 2.69 bits per heavy atom. The number of hydrogen-bond donors (Lipinski definition) is 1. The van der Waals surface area contributed by atoms with E-state index in [-0.39, 0.29) is 24.2 Å². The van der Waals surface area contributed by atoms with Crippen LogP contribution < -0.4 is 15.0 Å². The SMILES string of the molecule is O=C(NC[C@@H]1CCN(c2ccc(OC(F)(F)F)cc2)C1)[C@H]1COCCO1. The summed E-state index contributed by atoms with van der Waals surface area (Å²) in [5.74, 6) is -0.134. The van der Waals surface area contributed by atoms with E-state index in [0.29, 0.717) is 19.8 Å². The van der Waals surface area contributed by atoms with Gasteiger partial charge in [0.15, 0.2) is 6.10 Å². The molecule has 26 heavy (non-hydrogen) atoms. The molecule has 2 saturated heterocycles. The summed E-state index contributed by atoms with van der Waals surface area (Å²) in [5, 5.41) is 2.89. The highest BCUT2D eigenvalue weighted by molar-refractivity contribution is 5.81. The van der Waals surface area contributed by atoms with Crippen molar-refractivity contribution in [2.75, 3.05) is 44.4 Å². The Hall–Kier alpha value is -2.00. The Balaban J connectivity index is 1.45. The number of hydrogen-bond acceptors (Lipinski definition) is 5. The lowest BCUT2D eigenvalue weighted by molar-refractivity contribution is -0.274. The van der Waals surface area contributed by atoms with Crippen LogP contribution in [0.4, 0.5) is 18.9 Å². The zero-order chi connectivity index (χ0) is 18.6. The molecule has 0 unspecified atom stereocenters. The summed E-state index contributed by atoms with van der Waals surface area (Å²) < 4.78 is 51.0. The molecule has 2 fully saturated rings. The number of nitrogens with one attached hydrogen (secondary N) is 1. The van der Waals surface area contributed by atoms with Gasteiger partial charge in [0.05, 0.1) is 19.8 Å². The normalized spacial score (nSPS) is 23.7. The lowest BCUT2D eigenvalue weighted by Gasteiger charge is -2.23. The largest absolute Gasteiger partial charge is 0.573 e. The first-order valence-electron chi connectivity index (χ1n) is 8.48. The molecule has 0 aromatic heterocycles. The van der Waals surface area contributed by atoms with Gasteiger partial charge in [-0.15, -0.1) is 13.2 Å². The maximum Gasteiger partial charge on any atom is 0.573 e. The first kappa shape index (κ1) is 18.8. The van der Waals surface area contributed by atoms with E-state index in [2.05, 4.69) is 15.0 Å². The van der Waals surface area contributed by atoms with Crippen molar-refractivity contribution in [1.29, 1.82) is 0 Å². The van der Waals surface area contributed by atoms with Crippen LogP contribution in [0.3, 0.4) is 0 Å². The van der Waals surface area contributed by atoms with Crippen LogP contribution in [0.1, 0.15) is 6.42 Å². The molecular weight excluding hydrogens is 353 g/mol. The fourth-order valence-electron chi connectivity index (χ4n) is 3.09. The Morgan fingerprint density at radius 2 is 2.04 bits per heavy atom. The molecule has 2 aliphatic heterocycles. The fraction of sp³-hybridized carbons (Fsp3) is 0.588. The predicted octanol–water partition coefficient (Wildman–Crippen LogP) is 1.94. The molecule has 2 atom stereocenters. The van der Waals surface area contributed by atoms with Crippen molar-refractivity contribution >= 4 is 11.6 Å². The quantitative estimate of drug-likeness (QED) is 0.854. The molecule has 0 saturated carbocycles. The van der Waals surface area contributed by atoms with E-state index >= 15 is 0 Å².